The molecule has 0 aliphatic carbocycles. The molecule has 0 saturated heterocycles. The van der Waals surface area contributed by atoms with Crippen molar-refractivity contribution in [3.8, 4) is 0 Å². The standard InChI is InChI=1S/C11H14O2S/c1-9(2)13-11(12)8-14-10-6-4-3-5-7-10/h3-7,9H,8H2,1-2H3. The fraction of sp³-hybridized carbons (Fsp3) is 0.364. The summed E-state index contributed by atoms with van der Waals surface area (Å²) >= 11 is 1.50. The van der Waals surface area contributed by atoms with E-state index in [9.17, 15) is 4.79 Å². The molecule has 0 aromatic heterocycles. The minimum absolute atomic E-state index is 0.0288. The van der Waals surface area contributed by atoms with Gasteiger partial charge in [-0.3, -0.25) is 4.79 Å². The molecule has 0 spiro atoms. The lowest BCUT2D eigenvalue weighted by Gasteiger charge is -2.07. The zero-order valence-corrected chi connectivity index (χ0v) is 9.21. The SMILES string of the molecule is CC(C)OC(=O)CSc1ccccc1. The molecule has 0 radical (unpaired) electrons. The molecule has 0 bridgehead atoms. The predicted molar refractivity (Wildman–Crippen MR) is 58.4 cm³/mol. The van der Waals surface area contributed by atoms with Crippen molar-refractivity contribution in [2.45, 2.75) is 24.8 Å². The summed E-state index contributed by atoms with van der Waals surface area (Å²) in [5.41, 5.74) is 0. The van der Waals surface area contributed by atoms with Crippen LogP contribution in [0, 0.1) is 0 Å². The van der Waals surface area contributed by atoms with Crippen molar-refractivity contribution in [2.75, 3.05) is 5.75 Å². The van der Waals surface area contributed by atoms with Crippen LogP contribution in [-0.2, 0) is 9.53 Å². The average molecular weight is 210 g/mol. The largest absolute Gasteiger partial charge is 0.462 e. The number of carbonyl (C=O) groups excluding carboxylic acids is 1. The zero-order chi connectivity index (χ0) is 10.4. The van der Waals surface area contributed by atoms with Gasteiger partial charge in [0, 0.05) is 4.90 Å². The number of carbonyl (C=O) groups is 1. The molecule has 1 rings (SSSR count). The van der Waals surface area contributed by atoms with Gasteiger partial charge in [-0.2, -0.15) is 0 Å². The molecule has 3 heteroatoms. The van der Waals surface area contributed by atoms with Crippen molar-refractivity contribution in [2.24, 2.45) is 0 Å². The molecule has 1 aromatic carbocycles. The van der Waals surface area contributed by atoms with Crippen LogP contribution in [0.15, 0.2) is 35.2 Å². The molecule has 14 heavy (non-hydrogen) atoms. The van der Waals surface area contributed by atoms with Crippen LogP contribution in [0.3, 0.4) is 0 Å². The molecule has 76 valence electrons. The van der Waals surface area contributed by atoms with E-state index in [1.165, 1.54) is 11.8 Å². The molecule has 0 atom stereocenters. The lowest BCUT2D eigenvalue weighted by Crippen LogP contribution is -2.13. The second-order valence-electron chi connectivity index (χ2n) is 3.14. The van der Waals surface area contributed by atoms with Crippen molar-refractivity contribution in [3.05, 3.63) is 30.3 Å². The van der Waals surface area contributed by atoms with Crippen molar-refractivity contribution < 1.29 is 9.53 Å². The average Bonchev–Trinajstić information content (AvgIpc) is 2.15. The maximum absolute atomic E-state index is 11.2. The highest BCUT2D eigenvalue weighted by atomic mass is 32.2. The Morgan fingerprint density at radius 1 is 1.36 bits per heavy atom. The smallest absolute Gasteiger partial charge is 0.316 e. The van der Waals surface area contributed by atoms with E-state index < -0.39 is 0 Å². The Kier molecular flexibility index (Phi) is 4.53. The minimum atomic E-state index is -0.158. The molecule has 0 saturated carbocycles. The van der Waals surface area contributed by atoms with E-state index in [1.807, 2.05) is 44.2 Å². The quantitative estimate of drug-likeness (QED) is 0.564. The number of benzene rings is 1. The number of esters is 1. The molecule has 0 N–H and O–H groups in total. The first-order chi connectivity index (χ1) is 6.68. The summed E-state index contributed by atoms with van der Waals surface area (Å²) in [6.45, 7) is 3.70. The van der Waals surface area contributed by atoms with E-state index in [4.69, 9.17) is 4.74 Å². The van der Waals surface area contributed by atoms with Crippen molar-refractivity contribution in [1.82, 2.24) is 0 Å². The molecular formula is C11H14O2S. The molecule has 0 aliphatic rings. The van der Waals surface area contributed by atoms with Crippen LogP contribution in [0.5, 0.6) is 0 Å². The van der Waals surface area contributed by atoms with Crippen LogP contribution in [0.25, 0.3) is 0 Å². The number of hydrogen-bond donors (Lipinski definition) is 0. The molecule has 0 aliphatic heterocycles. The lowest BCUT2D eigenvalue weighted by atomic mass is 10.4. The van der Waals surface area contributed by atoms with Crippen LogP contribution in [0.4, 0.5) is 0 Å². The Morgan fingerprint density at radius 2 is 2.00 bits per heavy atom. The fourth-order valence-electron chi connectivity index (χ4n) is 0.956. The van der Waals surface area contributed by atoms with Gasteiger partial charge < -0.3 is 4.74 Å². The normalized spacial score (nSPS) is 10.2. The topological polar surface area (TPSA) is 26.3 Å². The third-order valence-electron chi connectivity index (χ3n) is 1.47. The van der Waals surface area contributed by atoms with E-state index in [0.29, 0.717) is 5.75 Å². The van der Waals surface area contributed by atoms with Gasteiger partial charge in [0.1, 0.15) is 0 Å². The van der Waals surface area contributed by atoms with Crippen molar-refractivity contribution in [3.63, 3.8) is 0 Å². The summed E-state index contributed by atoms with van der Waals surface area (Å²) in [6.07, 6.45) is -0.0288. The molecule has 0 fully saturated rings. The van der Waals surface area contributed by atoms with Crippen LogP contribution < -0.4 is 0 Å². The fourth-order valence-corrected chi connectivity index (χ4v) is 1.66. The monoisotopic (exact) mass is 210 g/mol. The molecule has 0 unspecified atom stereocenters. The van der Waals surface area contributed by atoms with Crippen LogP contribution in [-0.4, -0.2) is 17.8 Å². The van der Waals surface area contributed by atoms with Crippen molar-refractivity contribution in [1.29, 1.82) is 0 Å². The highest BCUT2D eigenvalue weighted by Gasteiger charge is 2.05. The minimum Gasteiger partial charge on any atom is -0.462 e. The van der Waals surface area contributed by atoms with E-state index in [2.05, 4.69) is 0 Å². The van der Waals surface area contributed by atoms with Crippen LogP contribution in [0.2, 0.25) is 0 Å². The van der Waals surface area contributed by atoms with Gasteiger partial charge in [0.25, 0.3) is 0 Å². The second kappa shape index (κ2) is 5.70. The Morgan fingerprint density at radius 3 is 2.57 bits per heavy atom. The number of hydrogen-bond acceptors (Lipinski definition) is 3. The Bertz CT molecular complexity index is 283. The lowest BCUT2D eigenvalue weighted by molar-refractivity contribution is -0.144. The number of ether oxygens (including phenoxy) is 1. The Hall–Kier alpha value is -0.960. The first-order valence-electron chi connectivity index (χ1n) is 4.56. The molecular weight excluding hydrogens is 196 g/mol. The molecule has 2 nitrogen and oxygen atoms in total. The summed E-state index contributed by atoms with van der Waals surface area (Å²) in [4.78, 5) is 12.3. The van der Waals surface area contributed by atoms with E-state index in [-0.39, 0.29) is 12.1 Å². The first kappa shape index (κ1) is 11.1. The summed E-state index contributed by atoms with van der Waals surface area (Å²) in [7, 11) is 0. The van der Waals surface area contributed by atoms with E-state index >= 15 is 0 Å². The maximum Gasteiger partial charge on any atom is 0.316 e. The van der Waals surface area contributed by atoms with Gasteiger partial charge in [-0.15, -0.1) is 11.8 Å². The van der Waals surface area contributed by atoms with Crippen LogP contribution in [0.1, 0.15) is 13.8 Å². The highest BCUT2D eigenvalue weighted by molar-refractivity contribution is 8.00. The van der Waals surface area contributed by atoms with Crippen molar-refractivity contribution >= 4 is 17.7 Å². The first-order valence-corrected chi connectivity index (χ1v) is 5.54. The summed E-state index contributed by atoms with van der Waals surface area (Å²) in [6, 6.07) is 9.82. The number of thioether (sulfide) groups is 1. The van der Waals surface area contributed by atoms with Gasteiger partial charge in [0.15, 0.2) is 0 Å². The predicted octanol–water partition coefficient (Wildman–Crippen LogP) is 2.73. The van der Waals surface area contributed by atoms with Crippen LogP contribution >= 0.6 is 11.8 Å². The third kappa shape index (κ3) is 4.33. The summed E-state index contributed by atoms with van der Waals surface area (Å²) < 4.78 is 5.01. The van der Waals surface area contributed by atoms with Gasteiger partial charge in [0.2, 0.25) is 0 Å². The Labute approximate surface area is 88.7 Å². The van der Waals surface area contributed by atoms with Gasteiger partial charge in [-0.1, -0.05) is 18.2 Å². The Balaban J connectivity index is 2.31. The molecule has 1 aromatic rings. The van der Waals surface area contributed by atoms with Gasteiger partial charge in [0.05, 0.1) is 11.9 Å². The van der Waals surface area contributed by atoms with E-state index in [1.54, 1.807) is 0 Å². The van der Waals surface area contributed by atoms with E-state index in [0.717, 1.165) is 4.90 Å². The maximum atomic E-state index is 11.2. The highest BCUT2D eigenvalue weighted by Crippen LogP contribution is 2.16. The molecule has 0 amide bonds. The van der Waals surface area contributed by atoms with Gasteiger partial charge in [-0.05, 0) is 26.0 Å². The second-order valence-corrected chi connectivity index (χ2v) is 4.19. The zero-order valence-electron chi connectivity index (χ0n) is 8.40. The third-order valence-corrected chi connectivity index (χ3v) is 2.45. The molecule has 0 heterocycles. The summed E-state index contributed by atoms with van der Waals surface area (Å²) in [5.74, 6) is 0.219. The van der Waals surface area contributed by atoms with Gasteiger partial charge >= 0.3 is 5.97 Å². The summed E-state index contributed by atoms with van der Waals surface area (Å²) in [5, 5.41) is 0. The number of rotatable bonds is 4. The van der Waals surface area contributed by atoms with Gasteiger partial charge in [-0.25, -0.2) is 0 Å².